The van der Waals surface area contributed by atoms with Crippen molar-refractivity contribution in [3.8, 4) is 11.1 Å². The third-order valence-electron chi connectivity index (χ3n) is 3.47. The lowest BCUT2D eigenvalue weighted by atomic mass is 10.0. The molecule has 5 nitrogen and oxygen atoms in total. The van der Waals surface area contributed by atoms with E-state index in [1.165, 1.54) is 6.20 Å². The van der Waals surface area contributed by atoms with E-state index in [4.69, 9.17) is 0 Å². The number of para-hydroxylation sites is 1. The molecule has 1 heterocycles. The zero-order valence-corrected chi connectivity index (χ0v) is 11.9. The predicted octanol–water partition coefficient (Wildman–Crippen LogP) is 2.52. The van der Waals surface area contributed by atoms with E-state index >= 15 is 0 Å². The molecule has 0 aliphatic rings. The highest BCUT2D eigenvalue weighted by atomic mass is 16.3. The summed E-state index contributed by atoms with van der Waals surface area (Å²) in [7, 11) is 0. The van der Waals surface area contributed by atoms with Crippen LogP contribution in [0.3, 0.4) is 0 Å². The molecule has 0 aliphatic carbocycles. The van der Waals surface area contributed by atoms with Gasteiger partial charge in [-0.05, 0) is 11.6 Å². The van der Waals surface area contributed by atoms with E-state index in [0.29, 0.717) is 12.2 Å². The second-order valence-corrected chi connectivity index (χ2v) is 5.01. The van der Waals surface area contributed by atoms with E-state index < -0.39 is 6.10 Å². The Hall–Kier alpha value is -2.79. The number of hydrogen-bond acceptors (Lipinski definition) is 3. The van der Waals surface area contributed by atoms with Gasteiger partial charge in [-0.2, -0.15) is 0 Å². The van der Waals surface area contributed by atoms with E-state index in [2.05, 4.69) is 15.3 Å². The number of hydrogen-bond donors (Lipinski definition) is 4. The summed E-state index contributed by atoms with van der Waals surface area (Å²) in [6.07, 6.45) is 0.695. The number of benzene rings is 2. The molecule has 0 saturated heterocycles. The molecule has 4 N–H and O–H groups in total. The van der Waals surface area contributed by atoms with E-state index in [-0.39, 0.29) is 5.69 Å². The molecule has 0 amide bonds. The molecular weight excluding hydrogens is 278 g/mol. The molecule has 0 saturated carbocycles. The lowest BCUT2D eigenvalue weighted by Crippen LogP contribution is -2.14. The second kappa shape index (κ2) is 6.32. The highest BCUT2D eigenvalue weighted by molar-refractivity contribution is 5.77. The van der Waals surface area contributed by atoms with Gasteiger partial charge >= 0.3 is 5.69 Å². The number of anilines is 1. The molecule has 0 aliphatic heterocycles. The number of aromatic amines is 2. The van der Waals surface area contributed by atoms with E-state index in [1.54, 1.807) is 0 Å². The van der Waals surface area contributed by atoms with Crippen molar-refractivity contribution in [1.29, 1.82) is 0 Å². The number of aliphatic hydroxyl groups excluding tert-OH is 1. The molecular formula is C17H17N3O2. The standard InChI is InChI=1S/C17H17N3O2/c21-16(15-10-19-17(22)20-15)11-18-14-9-5-4-8-13(14)12-6-2-1-3-7-12/h1-10,16,18,21H,11H2,(H2,19,20,22). The van der Waals surface area contributed by atoms with Crippen LogP contribution in [-0.2, 0) is 0 Å². The number of nitrogens with one attached hydrogen (secondary N) is 3. The molecule has 0 bridgehead atoms. The summed E-state index contributed by atoms with van der Waals surface area (Å²) in [6.45, 7) is 0.303. The van der Waals surface area contributed by atoms with Crippen molar-refractivity contribution in [2.75, 3.05) is 11.9 Å². The Labute approximate surface area is 127 Å². The first kappa shape index (κ1) is 14.2. The highest BCUT2D eigenvalue weighted by Gasteiger charge is 2.11. The fraction of sp³-hybridized carbons (Fsp3) is 0.118. The third-order valence-corrected chi connectivity index (χ3v) is 3.47. The van der Waals surface area contributed by atoms with Crippen LogP contribution in [0.4, 0.5) is 5.69 Å². The first-order valence-electron chi connectivity index (χ1n) is 7.08. The van der Waals surface area contributed by atoms with Gasteiger partial charge in [0.15, 0.2) is 0 Å². The molecule has 2 aromatic carbocycles. The molecule has 0 fully saturated rings. The van der Waals surface area contributed by atoms with Gasteiger partial charge in [0.25, 0.3) is 0 Å². The van der Waals surface area contributed by atoms with Gasteiger partial charge < -0.3 is 20.4 Å². The summed E-state index contributed by atoms with van der Waals surface area (Å²) in [5.41, 5.74) is 3.26. The molecule has 1 aromatic heterocycles. The van der Waals surface area contributed by atoms with Gasteiger partial charge in [-0.15, -0.1) is 0 Å². The minimum absolute atomic E-state index is 0.303. The lowest BCUT2D eigenvalue weighted by molar-refractivity contribution is 0.187. The predicted molar refractivity (Wildman–Crippen MR) is 86.7 cm³/mol. The largest absolute Gasteiger partial charge is 0.385 e. The van der Waals surface area contributed by atoms with E-state index in [9.17, 15) is 9.90 Å². The summed E-state index contributed by atoms with van der Waals surface area (Å²) in [6, 6.07) is 18.0. The second-order valence-electron chi connectivity index (χ2n) is 5.01. The molecule has 112 valence electrons. The third kappa shape index (κ3) is 3.10. The fourth-order valence-corrected chi connectivity index (χ4v) is 2.35. The van der Waals surface area contributed by atoms with Crippen LogP contribution in [-0.4, -0.2) is 21.6 Å². The lowest BCUT2D eigenvalue weighted by Gasteiger charge is -2.15. The van der Waals surface area contributed by atoms with Gasteiger partial charge in [0.05, 0.1) is 5.69 Å². The Balaban J connectivity index is 1.77. The van der Waals surface area contributed by atoms with Gasteiger partial charge in [0, 0.05) is 24.0 Å². The molecule has 0 spiro atoms. The van der Waals surface area contributed by atoms with Crippen molar-refractivity contribution < 1.29 is 5.11 Å². The molecule has 3 rings (SSSR count). The molecule has 1 unspecified atom stereocenters. The summed E-state index contributed by atoms with van der Waals surface area (Å²) in [5.74, 6) is 0. The van der Waals surface area contributed by atoms with Crippen molar-refractivity contribution in [1.82, 2.24) is 9.97 Å². The first-order chi connectivity index (χ1) is 10.7. The number of rotatable bonds is 5. The number of H-pyrrole nitrogens is 2. The monoisotopic (exact) mass is 295 g/mol. The fourth-order valence-electron chi connectivity index (χ4n) is 2.35. The Morgan fingerprint density at radius 3 is 2.50 bits per heavy atom. The van der Waals surface area contributed by atoms with E-state index in [1.807, 2.05) is 54.6 Å². The van der Waals surface area contributed by atoms with Crippen molar-refractivity contribution in [3.05, 3.63) is 77.0 Å². The number of imidazole rings is 1. The van der Waals surface area contributed by atoms with Gasteiger partial charge in [-0.3, -0.25) is 0 Å². The van der Waals surface area contributed by atoms with Crippen molar-refractivity contribution in [3.63, 3.8) is 0 Å². The zero-order valence-electron chi connectivity index (χ0n) is 11.9. The minimum Gasteiger partial charge on any atom is -0.385 e. The molecule has 22 heavy (non-hydrogen) atoms. The number of aromatic nitrogens is 2. The molecule has 1 atom stereocenters. The molecule has 0 radical (unpaired) electrons. The van der Waals surface area contributed by atoms with Crippen molar-refractivity contribution >= 4 is 5.69 Å². The molecule has 3 aromatic rings. The maximum Gasteiger partial charge on any atom is 0.323 e. The minimum atomic E-state index is -0.789. The first-order valence-corrected chi connectivity index (χ1v) is 7.08. The summed E-state index contributed by atoms with van der Waals surface area (Å²) in [4.78, 5) is 16.1. The quantitative estimate of drug-likeness (QED) is 0.584. The van der Waals surface area contributed by atoms with Crippen molar-refractivity contribution in [2.45, 2.75) is 6.10 Å². The van der Waals surface area contributed by atoms with Crippen LogP contribution in [0.1, 0.15) is 11.8 Å². The Bertz CT molecular complexity index is 793. The van der Waals surface area contributed by atoms with Crippen LogP contribution >= 0.6 is 0 Å². The van der Waals surface area contributed by atoms with Crippen LogP contribution < -0.4 is 11.0 Å². The normalized spacial score (nSPS) is 12.0. The SMILES string of the molecule is O=c1[nH]cc(C(O)CNc2ccccc2-c2ccccc2)[nH]1. The summed E-state index contributed by atoms with van der Waals surface area (Å²) in [5, 5.41) is 13.3. The van der Waals surface area contributed by atoms with Crippen LogP contribution in [0.2, 0.25) is 0 Å². The topological polar surface area (TPSA) is 80.9 Å². The smallest absolute Gasteiger partial charge is 0.323 e. The summed E-state index contributed by atoms with van der Waals surface area (Å²) >= 11 is 0. The van der Waals surface area contributed by atoms with Crippen LogP contribution in [0.5, 0.6) is 0 Å². The number of aliphatic hydroxyl groups is 1. The highest BCUT2D eigenvalue weighted by Crippen LogP contribution is 2.27. The maximum absolute atomic E-state index is 11.1. The zero-order chi connectivity index (χ0) is 15.4. The van der Waals surface area contributed by atoms with Crippen LogP contribution in [0.25, 0.3) is 11.1 Å². The van der Waals surface area contributed by atoms with E-state index in [0.717, 1.165) is 16.8 Å². The summed E-state index contributed by atoms with van der Waals surface area (Å²) < 4.78 is 0. The Morgan fingerprint density at radius 1 is 1.05 bits per heavy atom. The van der Waals surface area contributed by atoms with Gasteiger partial charge in [-0.25, -0.2) is 4.79 Å². The average Bonchev–Trinajstić information content (AvgIpc) is 3.00. The van der Waals surface area contributed by atoms with Crippen LogP contribution in [0.15, 0.2) is 65.6 Å². The Kier molecular flexibility index (Phi) is 4.07. The van der Waals surface area contributed by atoms with Gasteiger partial charge in [-0.1, -0.05) is 48.5 Å². The Morgan fingerprint density at radius 2 is 1.77 bits per heavy atom. The van der Waals surface area contributed by atoms with Crippen molar-refractivity contribution in [2.24, 2.45) is 0 Å². The van der Waals surface area contributed by atoms with Crippen LogP contribution in [0, 0.1) is 0 Å². The van der Waals surface area contributed by atoms with Gasteiger partial charge in [0.1, 0.15) is 6.10 Å². The van der Waals surface area contributed by atoms with Gasteiger partial charge in [0.2, 0.25) is 0 Å². The molecule has 5 heteroatoms. The maximum atomic E-state index is 11.1. The average molecular weight is 295 g/mol.